The van der Waals surface area contributed by atoms with Crippen molar-refractivity contribution in [2.24, 2.45) is 0 Å². The van der Waals surface area contributed by atoms with Crippen LogP contribution in [0.5, 0.6) is 0 Å². The maximum Gasteiger partial charge on any atom is 0.255 e. The molecule has 8 heteroatoms. The fraction of sp³-hybridized carbons (Fsp3) is 0.0882. The number of nitrogens with one attached hydrogen (secondary N) is 4. The third kappa shape index (κ3) is 7.38. The minimum Gasteiger partial charge on any atom is -0.369 e. The molecule has 8 nitrogen and oxygen atoms in total. The van der Waals surface area contributed by atoms with Crippen molar-refractivity contribution < 1.29 is 19.5 Å². The summed E-state index contributed by atoms with van der Waals surface area (Å²) >= 11 is 0. The molecule has 1 aliphatic rings. The van der Waals surface area contributed by atoms with Crippen LogP contribution in [0.1, 0.15) is 55.7 Å². The molecule has 0 saturated heterocycles. The molecule has 0 aromatic heterocycles. The molecule has 0 radical (unpaired) electrons. The van der Waals surface area contributed by atoms with Crippen LogP contribution in [0.2, 0.25) is 0 Å². The summed E-state index contributed by atoms with van der Waals surface area (Å²) in [4.78, 5) is 37.6. The number of hydrogen-bond donors (Lipinski definition) is 5. The monoisotopic (exact) mass is 558 g/mol. The highest BCUT2D eigenvalue weighted by atomic mass is 16.3. The van der Waals surface area contributed by atoms with Crippen LogP contribution in [0.15, 0.2) is 127 Å². The molecule has 5 N–H and O–H groups in total. The van der Waals surface area contributed by atoms with Crippen LogP contribution in [0.4, 0.5) is 17.1 Å². The van der Waals surface area contributed by atoms with Crippen molar-refractivity contribution >= 4 is 34.8 Å². The Balaban J connectivity index is 1.12. The van der Waals surface area contributed by atoms with E-state index >= 15 is 0 Å². The lowest BCUT2D eigenvalue weighted by atomic mass is 10.1. The van der Waals surface area contributed by atoms with Gasteiger partial charge in [-0.3, -0.25) is 14.4 Å². The van der Waals surface area contributed by atoms with Crippen LogP contribution < -0.4 is 21.3 Å². The van der Waals surface area contributed by atoms with Gasteiger partial charge in [0.05, 0.1) is 0 Å². The fourth-order valence-corrected chi connectivity index (χ4v) is 4.33. The fourth-order valence-electron chi connectivity index (χ4n) is 4.33. The van der Waals surface area contributed by atoms with Crippen LogP contribution >= 0.6 is 0 Å². The van der Waals surface area contributed by atoms with Crippen molar-refractivity contribution in [2.45, 2.75) is 19.1 Å². The number of para-hydroxylation sites is 1. The molecule has 1 unspecified atom stereocenters. The zero-order valence-electron chi connectivity index (χ0n) is 22.7. The van der Waals surface area contributed by atoms with Crippen molar-refractivity contribution in [1.29, 1.82) is 0 Å². The quantitative estimate of drug-likeness (QED) is 0.155. The summed E-state index contributed by atoms with van der Waals surface area (Å²) in [7, 11) is 0. The molecule has 210 valence electrons. The van der Waals surface area contributed by atoms with Gasteiger partial charge in [-0.1, -0.05) is 42.5 Å². The van der Waals surface area contributed by atoms with Crippen molar-refractivity contribution in [1.82, 2.24) is 5.32 Å². The zero-order valence-corrected chi connectivity index (χ0v) is 22.7. The van der Waals surface area contributed by atoms with Crippen molar-refractivity contribution in [2.75, 3.05) is 16.0 Å². The van der Waals surface area contributed by atoms with Gasteiger partial charge in [0.2, 0.25) is 0 Å². The van der Waals surface area contributed by atoms with E-state index in [1.54, 1.807) is 84.9 Å². The van der Waals surface area contributed by atoms with Gasteiger partial charge in [0.15, 0.2) is 6.23 Å². The Bertz CT molecular complexity index is 1610. The molecule has 5 rings (SSSR count). The number of aliphatic hydroxyl groups is 1. The summed E-state index contributed by atoms with van der Waals surface area (Å²) in [6.07, 6.45) is 6.59. The maximum atomic E-state index is 12.7. The van der Waals surface area contributed by atoms with E-state index in [4.69, 9.17) is 0 Å². The summed E-state index contributed by atoms with van der Waals surface area (Å²) in [5.74, 6) is -0.760. The number of amides is 3. The first-order valence-corrected chi connectivity index (χ1v) is 13.5. The molecular formula is C34H30N4O4. The molecule has 4 aromatic rings. The summed E-state index contributed by atoms with van der Waals surface area (Å²) in [6, 6.07) is 29.2. The van der Waals surface area contributed by atoms with Gasteiger partial charge < -0.3 is 26.4 Å². The van der Waals surface area contributed by atoms with Crippen LogP contribution in [-0.4, -0.2) is 22.8 Å². The standard InChI is InChI=1S/C34H30N4O4/c39-31(35-27-7-3-1-4-8-27)23-11-15-25(16-12-23)33(41)37-29-19-21-30(22-20-29)38-34(42)26-17-13-24(14-18-26)32(40)36-28-9-5-2-6-10-28/h1-5,7-9,11-22,34,38,42H,6,10H2,(H,35,39)(H,36,40)(H,37,41). The van der Waals surface area contributed by atoms with Gasteiger partial charge in [0.1, 0.15) is 0 Å². The second-order valence-corrected chi connectivity index (χ2v) is 9.71. The topological polar surface area (TPSA) is 120 Å². The summed E-state index contributed by atoms with van der Waals surface area (Å²) in [6.45, 7) is 0. The van der Waals surface area contributed by atoms with Gasteiger partial charge >= 0.3 is 0 Å². The molecule has 0 fully saturated rings. The number of hydrogen-bond acceptors (Lipinski definition) is 5. The lowest BCUT2D eigenvalue weighted by Gasteiger charge is -2.16. The van der Waals surface area contributed by atoms with E-state index in [0.717, 1.165) is 18.5 Å². The molecule has 0 aliphatic heterocycles. The molecule has 42 heavy (non-hydrogen) atoms. The largest absolute Gasteiger partial charge is 0.369 e. The Morgan fingerprint density at radius 3 is 1.64 bits per heavy atom. The van der Waals surface area contributed by atoms with Crippen LogP contribution in [0.25, 0.3) is 0 Å². The summed E-state index contributed by atoms with van der Waals surface area (Å²) in [5, 5.41) is 22.2. The van der Waals surface area contributed by atoms with Gasteiger partial charge in [-0.05, 0) is 91.7 Å². The molecule has 1 atom stereocenters. The number of carbonyl (C=O) groups excluding carboxylic acids is 3. The van der Waals surface area contributed by atoms with Gasteiger partial charge in [-0.2, -0.15) is 0 Å². The molecule has 1 aliphatic carbocycles. The van der Waals surface area contributed by atoms with Gasteiger partial charge in [-0.25, -0.2) is 0 Å². The first-order valence-electron chi connectivity index (χ1n) is 13.5. The van der Waals surface area contributed by atoms with E-state index < -0.39 is 6.23 Å². The Morgan fingerprint density at radius 2 is 1.10 bits per heavy atom. The van der Waals surface area contributed by atoms with Gasteiger partial charge in [0.25, 0.3) is 17.7 Å². The molecule has 0 bridgehead atoms. The molecule has 0 spiro atoms. The lowest BCUT2D eigenvalue weighted by molar-refractivity contribution is 0.0962. The van der Waals surface area contributed by atoms with E-state index in [1.807, 2.05) is 30.4 Å². The Morgan fingerprint density at radius 1 is 0.595 bits per heavy atom. The maximum absolute atomic E-state index is 12.7. The molecule has 3 amide bonds. The van der Waals surface area contributed by atoms with Crippen LogP contribution in [-0.2, 0) is 0 Å². The zero-order chi connectivity index (χ0) is 29.3. The Labute approximate surface area is 243 Å². The minimum absolute atomic E-state index is 0.187. The summed E-state index contributed by atoms with van der Waals surface area (Å²) in [5.41, 5.74) is 4.76. The first-order chi connectivity index (χ1) is 20.4. The lowest BCUT2D eigenvalue weighted by Crippen LogP contribution is -2.23. The third-order valence-electron chi connectivity index (χ3n) is 6.66. The number of rotatable bonds is 9. The number of aliphatic hydroxyl groups excluding tert-OH is 1. The molecule has 4 aromatic carbocycles. The van der Waals surface area contributed by atoms with Gasteiger partial charge in [0, 0.05) is 45.0 Å². The van der Waals surface area contributed by atoms with Crippen LogP contribution in [0.3, 0.4) is 0 Å². The Hall–Kier alpha value is -5.47. The summed E-state index contributed by atoms with van der Waals surface area (Å²) < 4.78 is 0. The van der Waals surface area contributed by atoms with E-state index in [1.165, 1.54) is 0 Å². The molecule has 0 heterocycles. The van der Waals surface area contributed by atoms with E-state index in [9.17, 15) is 19.5 Å². The average Bonchev–Trinajstić information content (AvgIpc) is 3.03. The van der Waals surface area contributed by atoms with Crippen molar-refractivity contribution in [3.63, 3.8) is 0 Å². The number of allylic oxidation sites excluding steroid dienone is 4. The highest BCUT2D eigenvalue weighted by Gasteiger charge is 2.13. The molecule has 0 saturated carbocycles. The smallest absolute Gasteiger partial charge is 0.255 e. The number of carbonyl (C=O) groups is 3. The predicted octanol–water partition coefficient (Wildman–Crippen LogP) is 6.26. The highest BCUT2D eigenvalue weighted by molar-refractivity contribution is 6.07. The Kier molecular flexibility index (Phi) is 8.86. The predicted molar refractivity (Wildman–Crippen MR) is 164 cm³/mol. The minimum atomic E-state index is -0.994. The van der Waals surface area contributed by atoms with Gasteiger partial charge in [-0.15, -0.1) is 0 Å². The normalized spacial score (nSPS) is 12.9. The average molecular weight is 559 g/mol. The SMILES string of the molecule is O=C(NC1=CC=CCC1)c1ccc(C(O)Nc2ccc(NC(=O)c3ccc(C(=O)Nc4ccccc4)cc3)cc2)cc1. The van der Waals surface area contributed by atoms with Crippen LogP contribution in [0, 0.1) is 0 Å². The number of anilines is 3. The van der Waals surface area contributed by atoms with Crippen molar-refractivity contribution in [3.8, 4) is 0 Å². The van der Waals surface area contributed by atoms with E-state index in [0.29, 0.717) is 39.3 Å². The second kappa shape index (κ2) is 13.3. The second-order valence-electron chi connectivity index (χ2n) is 9.71. The first kappa shape index (κ1) is 28.1. The van der Waals surface area contributed by atoms with E-state index in [-0.39, 0.29) is 17.7 Å². The van der Waals surface area contributed by atoms with Crippen molar-refractivity contribution in [3.05, 3.63) is 149 Å². The molecular weight excluding hydrogens is 528 g/mol. The number of benzene rings is 4. The highest BCUT2D eigenvalue weighted by Crippen LogP contribution is 2.21. The third-order valence-corrected chi connectivity index (χ3v) is 6.66. The van der Waals surface area contributed by atoms with E-state index in [2.05, 4.69) is 27.3 Å².